The van der Waals surface area contributed by atoms with Crippen molar-refractivity contribution in [2.75, 3.05) is 13.1 Å². The lowest BCUT2D eigenvalue weighted by Gasteiger charge is -2.49. The van der Waals surface area contributed by atoms with Crippen LogP contribution in [0.15, 0.2) is 53.4 Å². The van der Waals surface area contributed by atoms with Gasteiger partial charge in [0.1, 0.15) is 17.4 Å². The van der Waals surface area contributed by atoms with E-state index in [2.05, 4.69) is 22.1 Å². The van der Waals surface area contributed by atoms with E-state index < -0.39 is 23.4 Å². The number of pyridine rings is 1. The highest BCUT2D eigenvalue weighted by Crippen LogP contribution is 2.60. The van der Waals surface area contributed by atoms with Crippen molar-refractivity contribution in [1.29, 1.82) is 0 Å². The number of hydrogen-bond donors (Lipinski definition) is 4. The lowest BCUT2D eigenvalue weighted by Crippen LogP contribution is -2.58. The number of amides is 2. The van der Waals surface area contributed by atoms with Gasteiger partial charge in [-0.05, 0) is 110 Å². The zero-order valence-electron chi connectivity index (χ0n) is 24.1. The molecular weight excluding hydrogens is 528 g/mol. The number of carbonyl (C=O) groups excluding carboxylic acids is 2. The van der Waals surface area contributed by atoms with Gasteiger partial charge in [-0.15, -0.1) is 0 Å². The first-order valence-electron chi connectivity index (χ1n) is 15.4. The number of phenols is 1. The molecule has 5 N–H and O–H groups in total. The van der Waals surface area contributed by atoms with E-state index in [1.807, 2.05) is 36.4 Å². The minimum atomic E-state index is -0.864. The van der Waals surface area contributed by atoms with Crippen molar-refractivity contribution >= 4 is 11.8 Å². The number of H-pyrrole nitrogens is 1. The maximum atomic E-state index is 13.4. The van der Waals surface area contributed by atoms with Crippen molar-refractivity contribution < 1.29 is 14.7 Å². The fourth-order valence-corrected chi connectivity index (χ4v) is 8.57. The van der Waals surface area contributed by atoms with E-state index in [1.165, 1.54) is 18.4 Å². The van der Waals surface area contributed by atoms with E-state index in [-0.39, 0.29) is 22.6 Å². The molecule has 8 heteroatoms. The maximum Gasteiger partial charge on any atom is 0.261 e. The summed E-state index contributed by atoms with van der Waals surface area (Å²) in [5.41, 5.74) is 9.26. The molecule has 2 aromatic rings. The number of nitrogens with zero attached hydrogens (tertiary/aromatic N) is 1. The van der Waals surface area contributed by atoms with Crippen molar-refractivity contribution in [3.8, 4) is 5.75 Å². The molecule has 2 amide bonds. The van der Waals surface area contributed by atoms with E-state index in [0.717, 1.165) is 55.1 Å². The predicted octanol–water partition coefficient (Wildman–Crippen LogP) is 3.26. The Morgan fingerprint density at radius 1 is 1.24 bits per heavy atom. The molecule has 1 saturated heterocycles. The number of phenolic OH excluding ortho intramolecular Hbond substituents is 1. The lowest BCUT2D eigenvalue weighted by molar-refractivity contribution is -0.120. The smallest absolute Gasteiger partial charge is 0.261 e. The molecule has 8 nitrogen and oxygen atoms in total. The van der Waals surface area contributed by atoms with Gasteiger partial charge in [0.05, 0.1) is 0 Å². The van der Waals surface area contributed by atoms with Crippen LogP contribution in [-0.2, 0) is 23.1 Å². The largest absolute Gasteiger partial charge is 0.508 e. The Hall–Kier alpha value is -3.65. The first-order chi connectivity index (χ1) is 20.2. The second-order valence-corrected chi connectivity index (χ2v) is 13.5. The summed E-state index contributed by atoms with van der Waals surface area (Å²) in [6.07, 6.45) is 14.2. The van der Waals surface area contributed by atoms with Gasteiger partial charge >= 0.3 is 0 Å². The third-order valence-corrected chi connectivity index (χ3v) is 10.7. The molecule has 1 aromatic heterocycles. The number of aromatic nitrogens is 1. The zero-order valence-corrected chi connectivity index (χ0v) is 24.1. The lowest BCUT2D eigenvalue weighted by atomic mass is 9.62. The molecule has 0 spiro atoms. The van der Waals surface area contributed by atoms with E-state index >= 15 is 0 Å². The summed E-state index contributed by atoms with van der Waals surface area (Å²) in [5.74, 6) is 0.901. The standard InChI is InChI=1S/C34H40N4O4/c1-19-7-10-24(39)14-26(19)34-15-23-18-38(17-21-8-9-21)30(23)27(34)13-22-12-25(33(42)37-29(22)16-34)32(41)36-28(31(35)40)11-20-5-3-2-4-6-20/h2-5,7,10,12,14,20-21,23,27-28,30,39H,6,8-9,11,13,15-18H2,1H3,(H2,35,40)(H,36,41)(H,37,42)/t20?,23?,27-,28-,30+,34?/m0/s1. The summed E-state index contributed by atoms with van der Waals surface area (Å²) in [6.45, 7) is 4.38. The quantitative estimate of drug-likeness (QED) is 0.389. The number of nitrogens with two attached hydrogens (primary N) is 1. The molecular formula is C34H40N4O4. The second-order valence-electron chi connectivity index (χ2n) is 13.5. The van der Waals surface area contributed by atoms with Gasteiger partial charge < -0.3 is 21.1 Å². The molecule has 4 aliphatic carbocycles. The number of fused-ring (bicyclic) bond motifs is 4. The summed E-state index contributed by atoms with van der Waals surface area (Å²) < 4.78 is 0. The highest BCUT2D eigenvalue weighted by atomic mass is 16.3. The van der Waals surface area contributed by atoms with Crippen molar-refractivity contribution in [2.24, 2.45) is 29.4 Å². The number of aromatic amines is 1. The number of aryl methyl sites for hydroxylation is 1. The molecule has 0 bridgehead atoms. The van der Waals surface area contributed by atoms with Crippen LogP contribution in [0, 0.1) is 30.6 Å². The number of hydrogen-bond acceptors (Lipinski definition) is 5. The third-order valence-electron chi connectivity index (χ3n) is 10.7. The van der Waals surface area contributed by atoms with Crippen LogP contribution in [0.1, 0.15) is 64.8 Å². The number of aromatic hydroxyl groups is 1. The number of nitrogens with one attached hydrogen (secondary N) is 2. The van der Waals surface area contributed by atoms with Gasteiger partial charge in [0.2, 0.25) is 5.91 Å². The van der Waals surface area contributed by atoms with Crippen molar-refractivity contribution in [2.45, 2.75) is 69.4 Å². The highest BCUT2D eigenvalue weighted by Gasteiger charge is 2.62. The van der Waals surface area contributed by atoms with Gasteiger partial charge in [-0.25, -0.2) is 0 Å². The summed E-state index contributed by atoms with van der Waals surface area (Å²) in [6, 6.07) is 7.03. The Kier molecular flexibility index (Phi) is 6.65. The molecule has 3 fully saturated rings. The molecule has 6 atom stereocenters. The van der Waals surface area contributed by atoms with Crippen LogP contribution in [0.4, 0.5) is 0 Å². The van der Waals surface area contributed by atoms with Crippen LogP contribution in [-0.4, -0.2) is 52.0 Å². The van der Waals surface area contributed by atoms with Gasteiger partial charge in [0.15, 0.2) is 0 Å². The topological polar surface area (TPSA) is 129 Å². The Bertz CT molecular complexity index is 1550. The van der Waals surface area contributed by atoms with Crippen molar-refractivity contribution in [3.63, 3.8) is 0 Å². The Balaban J connectivity index is 1.20. The number of likely N-dealkylation sites (tertiary alicyclic amines) is 1. The average molecular weight is 569 g/mol. The number of benzene rings is 1. The average Bonchev–Trinajstić information content (AvgIpc) is 3.74. The van der Waals surface area contributed by atoms with Crippen LogP contribution in [0.25, 0.3) is 0 Å². The van der Waals surface area contributed by atoms with E-state index in [9.17, 15) is 19.5 Å². The molecule has 0 radical (unpaired) electrons. The van der Waals surface area contributed by atoms with E-state index in [0.29, 0.717) is 30.7 Å². The Morgan fingerprint density at radius 2 is 2.07 bits per heavy atom. The Morgan fingerprint density at radius 3 is 2.81 bits per heavy atom. The van der Waals surface area contributed by atoms with E-state index in [1.54, 1.807) is 12.1 Å². The van der Waals surface area contributed by atoms with Crippen molar-refractivity contribution in [3.05, 3.63) is 86.9 Å². The van der Waals surface area contributed by atoms with Crippen LogP contribution in [0.2, 0.25) is 0 Å². The minimum Gasteiger partial charge on any atom is -0.508 e. The van der Waals surface area contributed by atoms with Crippen LogP contribution in [0.5, 0.6) is 5.75 Å². The molecule has 2 saturated carbocycles. The molecule has 1 aromatic carbocycles. The van der Waals surface area contributed by atoms with Crippen molar-refractivity contribution in [1.82, 2.24) is 15.2 Å². The summed E-state index contributed by atoms with van der Waals surface area (Å²) in [5, 5.41) is 13.3. The van der Waals surface area contributed by atoms with Gasteiger partial charge in [-0.2, -0.15) is 0 Å². The van der Waals surface area contributed by atoms with Gasteiger partial charge in [0.25, 0.3) is 11.5 Å². The number of rotatable bonds is 8. The van der Waals surface area contributed by atoms with Gasteiger partial charge in [-0.3, -0.25) is 19.3 Å². The summed E-state index contributed by atoms with van der Waals surface area (Å²) in [7, 11) is 0. The minimum absolute atomic E-state index is 0.0260. The molecule has 42 heavy (non-hydrogen) atoms. The third kappa shape index (κ3) is 4.70. The first kappa shape index (κ1) is 27.2. The zero-order chi connectivity index (χ0) is 29.2. The number of primary amides is 1. The molecule has 1 aliphatic heterocycles. The van der Waals surface area contributed by atoms with Crippen LogP contribution in [0.3, 0.4) is 0 Å². The molecule has 220 valence electrons. The fourth-order valence-electron chi connectivity index (χ4n) is 8.57. The van der Waals surface area contributed by atoms with Crippen LogP contribution < -0.4 is 16.6 Å². The maximum absolute atomic E-state index is 13.4. The monoisotopic (exact) mass is 568 g/mol. The molecule has 7 rings (SSSR count). The number of allylic oxidation sites excluding steroid dienone is 4. The molecule has 3 unspecified atom stereocenters. The normalized spacial score (nSPS) is 30.1. The molecule has 2 heterocycles. The van der Waals surface area contributed by atoms with Crippen LogP contribution >= 0.6 is 0 Å². The second kappa shape index (κ2) is 10.3. The first-order valence-corrected chi connectivity index (χ1v) is 15.4. The predicted molar refractivity (Wildman–Crippen MR) is 160 cm³/mol. The fraction of sp³-hybridized carbons (Fsp3) is 0.500. The summed E-state index contributed by atoms with van der Waals surface area (Å²) in [4.78, 5) is 44.7. The molecule has 5 aliphatic rings. The Labute approximate surface area is 246 Å². The van der Waals surface area contributed by atoms with Gasteiger partial charge in [0, 0.05) is 30.2 Å². The summed E-state index contributed by atoms with van der Waals surface area (Å²) >= 11 is 0. The van der Waals surface area contributed by atoms with Gasteiger partial charge in [-0.1, -0.05) is 30.4 Å². The highest BCUT2D eigenvalue weighted by molar-refractivity contribution is 5.97. The number of carbonyl (C=O) groups is 2. The SMILES string of the molecule is Cc1ccc(O)cc1C12Cc3[nH]c(=O)c(C(=O)N[C@@H](CC4C=CC=CC4)C(N)=O)cc3C[C@H]1[C@H]1C(CN1CC1CC1)C2. The van der Waals surface area contributed by atoms with E-state index in [4.69, 9.17) is 5.73 Å².